The number of hydrazine groups is 1. The Hall–Kier alpha value is -5.74. The van der Waals surface area contributed by atoms with Crippen molar-refractivity contribution in [2.45, 2.75) is 38.0 Å². The third-order valence-electron chi connectivity index (χ3n) is 12.5. The van der Waals surface area contributed by atoms with E-state index in [4.69, 9.17) is 4.74 Å². The van der Waals surface area contributed by atoms with Gasteiger partial charge in [0.05, 0.1) is 47.8 Å². The summed E-state index contributed by atoms with van der Waals surface area (Å²) < 4.78 is 5.50. The lowest BCUT2D eigenvalue weighted by Gasteiger charge is -2.50. The third-order valence-corrected chi connectivity index (χ3v) is 12.5. The molecule has 4 aromatic carbocycles. The molecule has 2 N–H and O–H groups in total. The fourth-order valence-electron chi connectivity index (χ4n) is 9.89. The minimum atomic E-state index is -1.45. The van der Waals surface area contributed by atoms with Gasteiger partial charge in [-0.15, -0.1) is 0 Å². The number of benzene rings is 4. The number of phenols is 1. The monoisotopic (exact) mass is 722 g/mol. The Bertz CT molecular complexity index is 2200. The predicted octanol–water partition coefficient (Wildman–Crippen LogP) is 6.04. The maximum absolute atomic E-state index is 15.3. The van der Waals surface area contributed by atoms with E-state index >= 15 is 4.79 Å². The second-order valence-electron chi connectivity index (χ2n) is 15.2. The molecule has 0 spiro atoms. The Morgan fingerprint density at radius 3 is 2.19 bits per heavy atom. The van der Waals surface area contributed by atoms with Crippen LogP contribution in [0, 0.1) is 37.5 Å². The number of carbonyl (C=O) groups excluding carboxylic acids is 4. The van der Waals surface area contributed by atoms with Crippen molar-refractivity contribution in [1.82, 2.24) is 5.01 Å². The normalized spacial score (nSPS) is 27.8. The number of morpholine rings is 1. The van der Waals surface area contributed by atoms with Crippen molar-refractivity contribution in [3.63, 3.8) is 0 Å². The molecule has 274 valence electrons. The zero-order chi connectivity index (χ0) is 37.3. The number of rotatable bonds is 6. The van der Waals surface area contributed by atoms with Gasteiger partial charge in [0.15, 0.2) is 0 Å². The van der Waals surface area contributed by atoms with Crippen LogP contribution in [0.4, 0.5) is 17.1 Å². The zero-order valence-corrected chi connectivity index (χ0v) is 30.3. The number of aromatic hydroxyl groups is 1. The molecular weight excluding hydrogens is 681 g/mol. The number of nitrogens with one attached hydrogen (secondary N) is 1. The molecule has 54 heavy (non-hydrogen) atoms. The Labute approximate surface area is 314 Å². The third kappa shape index (κ3) is 5.03. The van der Waals surface area contributed by atoms with E-state index in [9.17, 15) is 19.5 Å². The highest BCUT2D eigenvalue weighted by molar-refractivity contribution is 6.22. The molecule has 0 unspecified atom stereocenters. The summed E-state index contributed by atoms with van der Waals surface area (Å²) in [5, 5.41) is 12.9. The predicted molar refractivity (Wildman–Crippen MR) is 204 cm³/mol. The van der Waals surface area contributed by atoms with Crippen molar-refractivity contribution in [3.05, 3.63) is 131 Å². The Morgan fingerprint density at radius 2 is 1.46 bits per heavy atom. The van der Waals surface area contributed by atoms with Gasteiger partial charge in [0.1, 0.15) is 5.75 Å². The van der Waals surface area contributed by atoms with E-state index in [1.54, 1.807) is 0 Å². The van der Waals surface area contributed by atoms with E-state index < -0.39 is 46.8 Å². The van der Waals surface area contributed by atoms with Gasteiger partial charge in [0.25, 0.3) is 11.8 Å². The first-order valence-electron chi connectivity index (χ1n) is 18.8. The number of para-hydroxylation sites is 1. The largest absolute Gasteiger partial charge is 0.507 e. The fourth-order valence-corrected chi connectivity index (χ4v) is 9.89. The molecular formula is C44H42N4O6. The molecule has 3 saturated heterocycles. The first-order valence-corrected chi connectivity index (χ1v) is 18.8. The molecule has 2 aliphatic carbocycles. The van der Waals surface area contributed by atoms with Crippen LogP contribution in [0.1, 0.15) is 41.0 Å². The van der Waals surface area contributed by atoms with Crippen LogP contribution >= 0.6 is 0 Å². The lowest BCUT2D eigenvalue weighted by Crippen LogP contribution is -2.53. The summed E-state index contributed by atoms with van der Waals surface area (Å²) >= 11 is 0. The summed E-state index contributed by atoms with van der Waals surface area (Å²) in [7, 11) is 0. The average Bonchev–Trinajstić information content (AvgIpc) is 3.58. The minimum Gasteiger partial charge on any atom is -0.507 e. The summed E-state index contributed by atoms with van der Waals surface area (Å²) in [6.07, 6.45) is 2.50. The van der Waals surface area contributed by atoms with Crippen LogP contribution in [-0.4, -0.2) is 60.0 Å². The van der Waals surface area contributed by atoms with Gasteiger partial charge in [-0.25, -0.2) is 0 Å². The van der Waals surface area contributed by atoms with Gasteiger partial charge in [0.2, 0.25) is 11.8 Å². The average molecular weight is 723 g/mol. The molecule has 4 amide bonds. The number of amides is 4. The number of aryl methyl sites for hydroxylation is 2. The van der Waals surface area contributed by atoms with Crippen molar-refractivity contribution in [3.8, 4) is 5.75 Å². The van der Waals surface area contributed by atoms with Crippen LogP contribution in [0.25, 0.3) is 0 Å². The van der Waals surface area contributed by atoms with Crippen LogP contribution in [0.5, 0.6) is 5.75 Å². The number of imide groups is 2. The van der Waals surface area contributed by atoms with E-state index in [0.29, 0.717) is 47.7 Å². The highest BCUT2D eigenvalue weighted by Gasteiger charge is 2.70. The van der Waals surface area contributed by atoms with Crippen molar-refractivity contribution in [2.75, 3.05) is 41.5 Å². The van der Waals surface area contributed by atoms with E-state index in [1.807, 2.05) is 117 Å². The van der Waals surface area contributed by atoms with Gasteiger partial charge >= 0.3 is 0 Å². The number of phenolic OH excluding ortho intramolecular Hbond substituents is 1. The van der Waals surface area contributed by atoms with Gasteiger partial charge in [-0.1, -0.05) is 77.9 Å². The summed E-state index contributed by atoms with van der Waals surface area (Å²) in [4.78, 5) is 62.7. The van der Waals surface area contributed by atoms with Crippen molar-refractivity contribution in [2.24, 2.45) is 23.7 Å². The van der Waals surface area contributed by atoms with Crippen LogP contribution in [0.2, 0.25) is 0 Å². The molecule has 3 heterocycles. The molecule has 3 aliphatic heterocycles. The van der Waals surface area contributed by atoms with Gasteiger partial charge in [-0.05, 0) is 80.1 Å². The number of allylic oxidation sites excluding steroid dienone is 2. The van der Waals surface area contributed by atoms with E-state index in [-0.39, 0.29) is 24.0 Å². The fraction of sp³-hybridized carbons (Fsp3) is 0.318. The molecule has 0 aromatic heterocycles. The first-order chi connectivity index (χ1) is 26.2. The maximum Gasteiger partial charge on any atom is 0.260 e. The molecule has 1 saturated carbocycles. The van der Waals surface area contributed by atoms with Gasteiger partial charge in [-0.2, -0.15) is 5.01 Å². The van der Waals surface area contributed by atoms with Crippen LogP contribution in [0.3, 0.4) is 0 Å². The zero-order valence-electron chi connectivity index (χ0n) is 30.3. The smallest absolute Gasteiger partial charge is 0.260 e. The molecule has 4 fully saturated rings. The number of carbonyl (C=O) groups is 4. The van der Waals surface area contributed by atoms with E-state index in [2.05, 4.69) is 10.3 Å². The quantitative estimate of drug-likeness (QED) is 0.183. The van der Waals surface area contributed by atoms with E-state index in [1.165, 1.54) is 4.90 Å². The number of fused-ring (bicyclic) bond motifs is 4. The van der Waals surface area contributed by atoms with Crippen LogP contribution < -0.4 is 15.2 Å². The molecule has 6 atom stereocenters. The summed E-state index contributed by atoms with van der Waals surface area (Å²) in [6.45, 7) is 6.60. The van der Waals surface area contributed by atoms with Gasteiger partial charge < -0.3 is 14.7 Å². The SMILES string of the molecule is Cc1ccc(NN2C(=O)[C@@H]3C[C@@H]4C(=CC[C@@H]5C(=O)N(c6ccc(N7CCOCC7)cc6)C(=O)[C@@H]54)[C@H](c4cccc(C)c4O)[C@]3(c3ccccc3)C2=O)cc1. The lowest BCUT2D eigenvalue weighted by molar-refractivity contribution is -0.138. The number of nitrogens with zero attached hydrogens (tertiary/aromatic N) is 3. The number of anilines is 3. The van der Waals surface area contributed by atoms with Gasteiger partial charge in [0, 0.05) is 30.3 Å². The number of hydrogen-bond acceptors (Lipinski definition) is 8. The van der Waals surface area contributed by atoms with Crippen molar-refractivity contribution >= 4 is 40.7 Å². The Morgan fingerprint density at radius 1 is 0.759 bits per heavy atom. The van der Waals surface area contributed by atoms with Gasteiger partial charge in [-0.3, -0.25) is 29.5 Å². The lowest BCUT2D eigenvalue weighted by atomic mass is 9.49. The molecule has 0 bridgehead atoms. The molecule has 10 nitrogen and oxygen atoms in total. The summed E-state index contributed by atoms with van der Waals surface area (Å²) in [6, 6.07) is 29.9. The highest BCUT2D eigenvalue weighted by Crippen LogP contribution is 2.65. The molecule has 0 radical (unpaired) electrons. The van der Waals surface area contributed by atoms with Crippen molar-refractivity contribution < 1.29 is 29.0 Å². The molecule has 9 rings (SSSR count). The highest BCUT2D eigenvalue weighted by atomic mass is 16.5. The van der Waals surface area contributed by atoms with Crippen molar-refractivity contribution in [1.29, 1.82) is 0 Å². The molecule has 4 aromatic rings. The Balaban J connectivity index is 1.16. The maximum atomic E-state index is 15.3. The second-order valence-corrected chi connectivity index (χ2v) is 15.2. The first kappa shape index (κ1) is 34.1. The number of hydrogen-bond donors (Lipinski definition) is 2. The standard InChI is InChI=1S/C44H42N4O6/c1-26-11-13-29(14-12-26)45-48-41(51)36-25-35-32(38(34-10-6-7-27(2)39(34)49)44(36,43(48)53)28-8-4-3-5-9-28)19-20-33-37(35)42(52)47(40(33)50)31-17-15-30(16-18-31)46-21-23-54-24-22-46/h3-19,33,35-38,45,49H,20-25H2,1-2H3/t33-,35+,36-,37-,38+,44+/m0/s1. The summed E-state index contributed by atoms with van der Waals surface area (Å²) in [5.41, 5.74) is 7.43. The van der Waals surface area contributed by atoms with Crippen LogP contribution in [-0.2, 0) is 29.3 Å². The molecule has 10 heteroatoms. The second kappa shape index (κ2) is 13.0. The minimum absolute atomic E-state index is 0.0428. The summed E-state index contributed by atoms with van der Waals surface area (Å²) in [5.74, 6) is -4.92. The number of ether oxygens (including phenoxy) is 1. The Kier molecular flexibility index (Phi) is 8.19. The topological polar surface area (TPSA) is 119 Å². The van der Waals surface area contributed by atoms with E-state index in [0.717, 1.165) is 34.9 Å². The van der Waals surface area contributed by atoms with Crippen LogP contribution in [0.15, 0.2) is 109 Å². The molecule has 5 aliphatic rings.